The van der Waals surface area contributed by atoms with Crippen LogP contribution < -0.4 is 5.32 Å². The second kappa shape index (κ2) is 5.33. The largest absolute Gasteiger partial charge is 0.312 e. The van der Waals surface area contributed by atoms with Crippen LogP contribution in [0.3, 0.4) is 0 Å². The molecule has 1 N–H and O–H groups in total. The lowest BCUT2D eigenvalue weighted by Crippen LogP contribution is -2.22. The fourth-order valence-corrected chi connectivity index (χ4v) is 5.28. The molecule has 0 aromatic carbocycles. The van der Waals surface area contributed by atoms with Gasteiger partial charge in [0.2, 0.25) is 0 Å². The van der Waals surface area contributed by atoms with Crippen LogP contribution >= 0.6 is 23.1 Å². The fourth-order valence-electron chi connectivity index (χ4n) is 2.78. The summed E-state index contributed by atoms with van der Waals surface area (Å²) in [6.07, 6.45) is 7.02. The molecule has 2 heterocycles. The van der Waals surface area contributed by atoms with Crippen molar-refractivity contribution in [3.63, 3.8) is 0 Å². The molecule has 94 valence electrons. The van der Waals surface area contributed by atoms with Crippen LogP contribution in [0.5, 0.6) is 0 Å². The highest BCUT2D eigenvalue weighted by Gasteiger charge is 2.24. The van der Waals surface area contributed by atoms with Gasteiger partial charge in [-0.2, -0.15) is 11.8 Å². The number of hydrogen-bond donors (Lipinski definition) is 1. The van der Waals surface area contributed by atoms with Crippen molar-refractivity contribution >= 4 is 23.1 Å². The third-order valence-electron chi connectivity index (χ3n) is 4.13. The summed E-state index contributed by atoms with van der Waals surface area (Å²) >= 11 is 4.15. The molecule has 1 fully saturated rings. The Balaban J connectivity index is 1.73. The second-order valence-corrected chi connectivity index (χ2v) is 7.55. The maximum Gasteiger partial charge on any atom is 0.0415 e. The number of thiophene rings is 1. The van der Waals surface area contributed by atoms with E-state index in [4.69, 9.17) is 0 Å². The molecule has 0 saturated heterocycles. The first-order valence-electron chi connectivity index (χ1n) is 6.73. The van der Waals surface area contributed by atoms with Crippen molar-refractivity contribution in [1.82, 2.24) is 5.32 Å². The van der Waals surface area contributed by atoms with E-state index >= 15 is 0 Å². The molecule has 2 aliphatic rings. The predicted molar refractivity (Wildman–Crippen MR) is 77.9 cm³/mol. The van der Waals surface area contributed by atoms with Crippen LogP contribution in [-0.2, 0) is 12.2 Å². The van der Waals surface area contributed by atoms with Gasteiger partial charge in [-0.3, -0.25) is 0 Å². The Hall–Kier alpha value is 0.01000. The molecule has 1 aliphatic carbocycles. The highest BCUT2D eigenvalue weighted by molar-refractivity contribution is 7.98. The van der Waals surface area contributed by atoms with Gasteiger partial charge in [-0.25, -0.2) is 0 Å². The molecule has 17 heavy (non-hydrogen) atoms. The van der Waals surface area contributed by atoms with E-state index < -0.39 is 0 Å². The summed E-state index contributed by atoms with van der Waals surface area (Å²) in [6.45, 7) is 0. The summed E-state index contributed by atoms with van der Waals surface area (Å²) < 4.78 is 0. The molecule has 3 rings (SSSR count). The summed E-state index contributed by atoms with van der Waals surface area (Å²) in [5.74, 6) is 3.55. The number of hydrogen-bond acceptors (Lipinski definition) is 3. The minimum absolute atomic E-state index is 0.612. The van der Waals surface area contributed by atoms with E-state index in [1.807, 2.05) is 0 Å². The molecule has 0 spiro atoms. The molecule has 1 nitrogen and oxygen atoms in total. The smallest absolute Gasteiger partial charge is 0.0415 e. The molecule has 1 unspecified atom stereocenters. The van der Waals surface area contributed by atoms with Crippen molar-refractivity contribution in [1.29, 1.82) is 0 Å². The lowest BCUT2D eigenvalue weighted by Gasteiger charge is -2.29. The maximum absolute atomic E-state index is 3.53. The van der Waals surface area contributed by atoms with E-state index in [1.165, 1.54) is 43.6 Å². The number of fused-ring (bicyclic) bond motifs is 1. The highest BCUT2D eigenvalue weighted by Crippen LogP contribution is 2.39. The van der Waals surface area contributed by atoms with Crippen LogP contribution in [0.1, 0.15) is 47.0 Å². The van der Waals surface area contributed by atoms with E-state index in [0.29, 0.717) is 6.04 Å². The third-order valence-corrected chi connectivity index (χ3v) is 6.49. The zero-order valence-electron chi connectivity index (χ0n) is 10.5. The third kappa shape index (κ3) is 2.56. The van der Waals surface area contributed by atoms with E-state index in [2.05, 4.69) is 41.5 Å². The summed E-state index contributed by atoms with van der Waals surface area (Å²) in [5, 5.41) is 3.53. The van der Waals surface area contributed by atoms with Gasteiger partial charge < -0.3 is 5.32 Å². The van der Waals surface area contributed by atoms with E-state index in [-0.39, 0.29) is 0 Å². The van der Waals surface area contributed by atoms with Crippen molar-refractivity contribution in [3.8, 4) is 0 Å². The van der Waals surface area contributed by atoms with Crippen LogP contribution in [-0.4, -0.2) is 12.8 Å². The first-order valence-corrected chi connectivity index (χ1v) is 8.70. The SMILES string of the molecule is CNC(CC1CCC1)c1cc2c(s1)CCSC2. The molecule has 0 amide bonds. The molecule has 1 saturated carbocycles. The Morgan fingerprint density at radius 2 is 2.35 bits per heavy atom. The number of nitrogens with one attached hydrogen (secondary N) is 1. The second-order valence-electron chi connectivity index (χ2n) is 5.27. The van der Waals surface area contributed by atoms with Crippen molar-refractivity contribution in [3.05, 3.63) is 21.4 Å². The average Bonchev–Trinajstić information content (AvgIpc) is 2.71. The standard InChI is InChI=1S/C14H21NS2/c1-15-12(7-10-3-2-4-10)14-8-11-9-16-6-5-13(11)17-14/h8,10,12,15H,2-7,9H2,1H3. The average molecular weight is 267 g/mol. The van der Waals surface area contributed by atoms with Gasteiger partial charge in [-0.05, 0) is 43.2 Å². The van der Waals surface area contributed by atoms with Crippen LogP contribution in [0.25, 0.3) is 0 Å². The molecule has 3 heteroatoms. The lowest BCUT2D eigenvalue weighted by atomic mass is 9.80. The zero-order valence-corrected chi connectivity index (χ0v) is 12.1. The summed E-state index contributed by atoms with van der Waals surface area (Å²) in [7, 11) is 2.12. The normalized spacial score (nSPS) is 21.9. The number of aryl methyl sites for hydroxylation is 1. The number of thioether (sulfide) groups is 1. The van der Waals surface area contributed by atoms with Crippen LogP contribution in [0, 0.1) is 5.92 Å². The van der Waals surface area contributed by atoms with Crippen LogP contribution in [0.2, 0.25) is 0 Å². The lowest BCUT2D eigenvalue weighted by molar-refractivity contribution is 0.267. The molecule has 0 bridgehead atoms. The van der Waals surface area contributed by atoms with E-state index in [1.54, 1.807) is 15.3 Å². The topological polar surface area (TPSA) is 12.0 Å². The monoisotopic (exact) mass is 267 g/mol. The van der Waals surface area contributed by atoms with Gasteiger partial charge in [0.25, 0.3) is 0 Å². The molecule has 1 atom stereocenters. The number of rotatable bonds is 4. The quantitative estimate of drug-likeness (QED) is 0.885. The van der Waals surface area contributed by atoms with Gasteiger partial charge in [0.15, 0.2) is 0 Å². The summed E-state index contributed by atoms with van der Waals surface area (Å²) in [4.78, 5) is 3.25. The molecular weight excluding hydrogens is 246 g/mol. The molecular formula is C14H21NS2. The molecule has 1 aromatic rings. The van der Waals surface area contributed by atoms with Crippen molar-refractivity contribution in [2.75, 3.05) is 12.8 Å². The first kappa shape index (κ1) is 12.1. The Labute approximate surface area is 112 Å². The Bertz CT molecular complexity index is 358. The minimum Gasteiger partial charge on any atom is -0.312 e. The predicted octanol–water partition coefficient (Wildman–Crippen LogP) is 3.99. The van der Waals surface area contributed by atoms with Gasteiger partial charge in [0, 0.05) is 21.5 Å². The van der Waals surface area contributed by atoms with Crippen molar-refractivity contribution in [2.45, 2.75) is 43.9 Å². The van der Waals surface area contributed by atoms with Gasteiger partial charge in [0.05, 0.1) is 0 Å². The highest BCUT2D eigenvalue weighted by atomic mass is 32.2. The van der Waals surface area contributed by atoms with Gasteiger partial charge in [-0.1, -0.05) is 19.3 Å². The van der Waals surface area contributed by atoms with Crippen molar-refractivity contribution in [2.24, 2.45) is 5.92 Å². The molecule has 1 aromatic heterocycles. The van der Waals surface area contributed by atoms with Crippen LogP contribution in [0.15, 0.2) is 6.07 Å². The van der Waals surface area contributed by atoms with Gasteiger partial charge in [0.1, 0.15) is 0 Å². The first-order chi connectivity index (χ1) is 8.36. The molecule has 0 radical (unpaired) electrons. The van der Waals surface area contributed by atoms with Gasteiger partial charge in [-0.15, -0.1) is 11.3 Å². The van der Waals surface area contributed by atoms with E-state index in [9.17, 15) is 0 Å². The Morgan fingerprint density at radius 1 is 1.47 bits per heavy atom. The summed E-state index contributed by atoms with van der Waals surface area (Å²) in [6, 6.07) is 3.09. The van der Waals surface area contributed by atoms with Crippen LogP contribution in [0.4, 0.5) is 0 Å². The maximum atomic E-state index is 3.53. The molecule has 1 aliphatic heterocycles. The fraction of sp³-hybridized carbons (Fsp3) is 0.714. The van der Waals surface area contributed by atoms with E-state index in [0.717, 1.165) is 5.92 Å². The minimum atomic E-state index is 0.612. The summed E-state index contributed by atoms with van der Waals surface area (Å²) in [5.41, 5.74) is 1.62. The Morgan fingerprint density at radius 3 is 3.00 bits per heavy atom. The van der Waals surface area contributed by atoms with Crippen molar-refractivity contribution < 1.29 is 0 Å². The Kier molecular flexibility index (Phi) is 3.78. The zero-order chi connectivity index (χ0) is 11.7. The van der Waals surface area contributed by atoms with Gasteiger partial charge >= 0.3 is 0 Å².